The summed E-state index contributed by atoms with van der Waals surface area (Å²) >= 11 is 0. The number of halogens is 3. The number of benzene rings is 2. The lowest BCUT2D eigenvalue weighted by Crippen LogP contribution is -2.55. The van der Waals surface area contributed by atoms with Gasteiger partial charge in [0.1, 0.15) is 6.61 Å². The number of ether oxygens (including phenoxy) is 1. The number of hydrogen-bond donors (Lipinski definition) is 0. The van der Waals surface area contributed by atoms with Crippen LogP contribution in [0.5, 0.6) is 0 Å². The van der Waals surface area contributed by atoms with Crippen LogP contribution in [0, 0.1) is 5.92 Å². The molecule has 31 heavy (non-hydrogen) atoms. The molecule has 0 N–H and O–H groups in total. The molecule has 2 atom stereocenters. The van der Waals surface area contributed by atoms with Crippen molar-refractivity contribution in [1.82, 2.24) is 4.90 Å². The van der Waals surface area contributed by atoms with Crippen LogP contribution in [-0.2, 0) is 17.5 Å². The van der Waals surface area contributed by atoms with Crippen LogP contribution >= 0.6 is 0 Å². The lowest BCUT2D eigenvalue weighted by molar-refractivity contribution is -0.137. The first-order valence-corrected chi connectivity index (χ1v) is 10.5. The largest absolute Gasteiger partial charge is 0.445 e. The maximum atomic E-state index is 13.0. The van der Waals surface area contributed by atoms with Crippen LogP contribution in [0.2, 0.25) is 0 Å². The van der Waals surface area contributed by atoms with Crippen LogP contribution in [0.15, 0.2) is 54.6 Å². The van der Waals surface area contributed by atoms with Gasteiger partial charge in [0, 0.05) is 23.6 Å². The van der Waals surface area contributed by atoms with E-state index in [0.717, 1.165) is 37.0 Å². The summed E-state index contributed by atoms with van der Waals surface area (Å²) in [6.07, 6.45) is -1.48. The number of piperidine rings is 2. The number of hydrogen-bond acceptors (Lipinski definition) is 3. The number of carbonyl (C=O) groups is 2. The second-order valence-electron chi connectivity index (χ2n) is 8.30. The van der Waals surface area contributed by atoms with E-state index in [1.54, 1.807) is 4.90 Å². The van der Waals surface area contributed by atoms with Gasteiger partial charge in [0.2, 0.25) is 0 Å². The minimum atomic E-state index is -4.49. The predicted octanol–water partition coefficient (Wildman–Crippen LogP) is 5.86. The van der Waals surface area contributed by atoms with Gasteiger partial charge in [-0.3, -0.25) is 4.79 Å². The third-order valence-electron chi connectivity index (χ3n) is 6.24. The lowest BCUT2D eigenvalue weighted by atomic mass is 9.75. The lowest BCUT2D eigenvalue weighted by Gasteiger charge is -2.47. The van der Waals surface area contributed by atoms with Crippen LogP contribution < -0.4 is 0 Å². The Hall–Kier alpha value is -2.83. The van der Waals surface area contributed by atoms with Crippen LogP contribution in [-0.4, -0.2) is 28.9 Å². The highest BCUT2D eigenvalue weighted by atomic mass is 19.4. The standard InChI is InChI=1S/C24H24F3NO3/c25-24(26,27)19-9-4-8-17(12-19)22(29)18-13-20-10-5-11-21(14-18)28(20)23(30)31-15-16-6-2-1-3-7-16/h1-4,6-9,12,18,20-21H,5,10-11,13-15H2. The van der Waals surface area contributed by atoms with Gasteiger partial charge in [-0.2, -0.15) is 13.2 Å². The van der Waals surface area contributed by atoms with Crippen LogP contribution in [0.4, 0.5) is 18.0 Å². The van der Waals surface area contributed by atoms with Gasteiger partial charge < -0.3 is 9.64 Å². The van der Waals surface area contributed by atoms with Crippen molar-refractivity contribution in [3.8, 4) is 0 Å². The van der Waals surface area contributed by atoms with Gasteiger partial charge in [0.25, 0.3) is 0 Å². The number of carbonyl (C=O) groups excluding carboxylic acids is 2. The molecule has 2 bridgehead atoms. The molecule has 2 aromatic carbocycles. The van der Waals surface area contributed by atoms with Crippen LogP contribution in [0.1, 0.15) is 53.6 Å². The number of Topliss-reactive ketones (excluding diaryl/α,β-unsaturated/α-hetero) is 1. The maximum absolute atomic E-state index is 13.0. The molecule has 2 aliphatic heterocycles. The van der Waals surface area contributed by atoms with Crippen molar-refractivity contribution in [3.63, 3.8) is 0 Å². The molecule has 0 saturated carbocycles. The van der Waals surface area contributed by atoms with E-state index in [4.69, 9.17) is 4.74 Å². The van der Waals surface area contributed by atoms with Gasteiger partial charge in [0.15, 0.2) is 5.78 Å². The number of alkyl halides is 3. The van der Waals surface area contributed by atoms with Gasteiger partial charge in [-0.25, -0.2) is 4.79 Å². The Balaban J connectivity index is 1.44. The molecule has 2 fully saturated rings. The maximum Gasteiger partial charge on any atom is 0.416 e. The Morgan fingerprint density at radius 2 is 1.65 bits per heavy atom. The van der Waals surface area contributed by atoms with E-state index in [-0.39, 0.29) is 36.1 Å². The van der Waals surface area contributed by atoms with Crippen LogP contribution in [0.3, 0.4) is 0 Å². The fraction of sp³-hybridized carbons (Fsp3) is 0.417. The first-order valence-electron chi connectivity index (χ1n) is 10.5. The van der Waals surface area contributed by atoms with Crippen molar-refractivity contribution in [3.05, 3.63) is 71.3 Å². The molecule has 0 radical (unpaired) electrons. The molecule has 0 spiro atoms. The second kappa shape index (κ2) is 8.73. The van der Waals surface area contributed by atoms with Crippen molar-refractivity contribution < 1.29 is 27.5 Å². The predicted molar refractivity (Wildman–Crippen MR) is 108 cm³/mol. The van der Waals surface area contributed by atoms with Gasteiger partial charge in [-0.1, -0.05) is 42.5 Å². The molecule has 1 amide bonds. The molecule has 2 aliphatic rings. The summed E-state index contributed by atoms with van der Waals surface area (Å²) in [6, 6.07) is 13.8. The van der Waals surface area contributed by atoms with E-state index in [0.29, 0.717) is 12.8 Å². The summed E-state index contributed by atoms with van der Waals surface area (Å²) in [5, 5.41) is 0. The van der Waals surface area contributed by atoms with E-state index in [1.165, 1.54) is 12.1 Å². The van der Waals surface area contributed by atoms with E-state index < -0.39 is 17.7 Å². The van der Waals surface area contributed by atoms with Crippen molar-refractivity contribution in [2.24, 2.45) is 5.92 Å². The van der Waals surface area contributed by atoms with Gasteiger partial charge in [-0.15, -0.1) is 0 Å². The minimum Gasteiger partial charge on any atom is -0.445 e. The van der Waals surface area contributed by atoms with E-state index in [1.807, 2.05) is 30.3 Å². The molecule has 2 saturated heterocycles. The Bertz CT molecular complexity index is 931. The molecule has 2 aromatic rings. The van der Waals surface area contributed by atoms with E-state index in [2.05, 4.69) is 0 Å². The molecule has 4 nitrogen and oxygen atoms in total. The topological polar surface area (TPSA) is 46.6 Å². The quantitative estimate of drug-likeness (QED) is 0.570. The third-order valence-corrected chi connectivity index (χ3v) is 6.24. The molecule has 164 valence electrons. The highest BCUT2D eigenvalue weighted by molar-refractivity contribution is 5.98. The van der Waals surface area contributed by atoms with Gasteiger partial charge >= 0.3 is 12.3 Å². The minimum absolute atomic E-state index is 0.0815. The van der Waals surface area contributed by atoms with E-state index >= 15 is 0 Å². The average molecular weight is 431 g/mol. The number of nitrogens with zero attached hydrogens (tertiary/aromatic N) is 1. The Morgan fingerprint density at radius 1 is 0.968 bits per heavy atom. The zero-order valence-electron chi connectivity index (χ0n) is 17.0. The van der Waals surface area contributed by atoms with Crippen molar-refractivity contribution in [2.45, 2.75) is 57.0 Å². The number of amides is 1. The molecule has 0 aromatic heterocycles. The molecule has 4 rings (SSSR count). The Kier molecular flexibility index (Phi) is 6.03. The molecule has 7 heteroatoms. The van der Waals surface area contributed by atoms with Gasteiger partial charge in [-0.05, 0) is 49.8 Å². The zero-order valence-corrected chi connectivity index (χ0v) is 17.0. The summed E-state index contributed by atoms with van der Waals surface area (Å²) in [7, 11) is 0. The van der Waals surface area contributed by atoms with E-state index in [9.17, 15) is 22.8 Å². The first kappa shape index (κ1) is 21.4. The molecular weight excluding hydrogens is 407 g/mol. The number of ketones is 1. The molecular formula is C24H24F3NO3. The monoisotopic (exact) mass is 431 g/mol. The fourth-order valence-electron chi connectivity index (χ4n) is 4.77. The molecule has 2 heterocycles. The third kappa shape index (κ3) is 4.75. The highest BCUT2D eigenvalue weighted by Gasteiger charge is 2.44. The summed E-state index contributed by atoms with van der Waals surface area (Å²) < 4.78 is 44.6. The molecule has 0 aliphatic carbocycles. The molecule has 2 unspecified atom stereocenters. The SMILES string of the molecule is O=C(c1cccc(C(F)(F)F)c1)C1CC2CCCC(C1)N2C(=O)OCc1ccccc1. The number of rotatable bonds is 4. The number of fused-ring (bicyclic) bond motifs is 2. The van der Waals surface area contributed by atoms with Crippen molar-refractivity contribution in [1.29, 1.82) is 0 Å². The summed E-state index contributed by atoms with van der Waals surface area (Å²) in [5.41, 5.74) is 0.161. The Morgan fingerprint density at radius 3 is 2.29 bits per heavy atom. The highest BCUT2D eigenvalue weighted by Crippen LogP contribution is 2.39. The van der Waals surface area contributed by atoms with Crippen LogP contribution in [0.25, 0.3) is 0 Å². The summed E-state index contributed by atoms with van der Waals surface area (Å²) in [5.74, 6) is -0.669. The summed E-state index contributed by atoms with van der Waals surface area (Å²) in [4.78, 5) is 27.5. The smallest absolute Gasteiger partial charge is 0.416 e. The average Bonchev–Trinajstić information content (AvgIpc) is 2.76. The van der Waals surface area contributed by atoms with Crippen molar-refractivity contribution in [2.75, 3.05) is 0 Å². The second-order valence-corrected chi connectivity index (χ2v) is 8.30. The van der Waals surface area contributed by atoms with Crippen molar-refractivity contribution >= 4 is 11.9 Å². The fourth-order valence-corrected chi connectivity index (χ4v) is 4.77. The Labute approximate surface area is 179 Å². The zero-order chi connectivity index (χ0) is 22.0. The normalized spacial score (nSPS) is 23.3. The first-order chi connectivity index (χ1) is 14.8. The van der Waals surface area contributed by atoms with Gasteiger partial charge in [0.05, 0.1) is 5.56 Å². The summed E-state index contributed by atoms with van der Waals surface area (Å²) in [6.45, 7) is 0.183.